The van der Waals surface area contributed by atoms with Crippen molar-refractivity contribution in [1.82, 2.24) is 25.1 Å². The Morgan fingerprint density at radius 3 is 2.54 bits per heavy atom. The molecule has 0 spiro atoms. The number of nitrogens with one attached hydrogen (secondary N) is 2. The molecule has 134 valence electrons. The van der Waals surface area contributed by atoms with E-state index in [1.54, 1.807) is 0 Å². The van der Waals surface area contributed by atoms with Crippen LogP contribution in [0.1, 0.15) is 31.4 Å². The molecule has 2 N–H and O–H groups in total. The molecule has 0 bridgehead atoms. The zero-order chi connectivity index (χ0) is 17.1. The number of aliphatic imine (C=N–C) groups is 1. The van der Waals surface area contributed by atoms with Crippen LogP contribution in [-0.2, 0) is 13.6 Å². The molecule has 1 aliphatic heterocycles. The monoisotopic (exact) mass is 333 g/mol. The highest BCUT2D eigenvalue weighted by atomic mass is 15.3. The van der Waals surface area contributed by atoms with Crippen molar-refractivity contribution in [3.8, 4) is 0 Å². The van der Waals surface area contributed by atoms with E-state index in [1.807, 2.05) is 39.3 Å². The Balaban J connectivity index is 1.47. The average Bonchev–Trinajstić information content (AvgIpc) is 3.35. The molecule has 7 heteroatoms. The summed E-state index contributed by atoms with van der Waals surface area (Å²) in [5.41, 5.74) is 1.14. The van der Waals surface area contributed by atoms with Crippen molar-refractivity contribution in [2.45, 2.75) is 44.3 Å². The largest absolute Gasteiger partial charge is 0.354 e. The minimum Gasteiger partial charge on any atom is -0.354 e. The van der Waals surface area contributed by atoms with Crippen LogP contribution in [0.2, 0.25) is 0 Å². The Labute approximate surface area is 145 Å². The van der Waals surface area contributed by atoms with Crippen LogP contribution < -0.4 is 15.5 Å². The molecule has 0 radical (unpaired) electrons. The maximum atomic E-state index is 4.45. The third-order valence-electron chi connectivity index (χ3n) is 5.05. The molecule has 3 rings (SSSR count). The Hall–Kier alpha value is -1.76. The van der Waals surface area contributed by atoms with Gasteiger partial charge in [0.15, 0.2) is 5.96 Å². The van der Waals surface area contributed by atoms with Crippen molar-refractivity contribution < 1.29 is 0 Å². The van der Waals surface area contributed by atoms with E-state index in [-0.39, 0.29) is 0 Å². The summed E-state index contributed by atoms with van der Waals surface area (Å²) in [6.07, 6.45) is 7.13. The first kappa shape index (κ1) is 17.1. The number of rotatable bonds is 5. The predicted octanol–water partition coefficient (Wildman–Crippen LogP) is 0.778. The zero-order valence-corrected chi connectivity index (χ0v) is 15.4. The summed E-state index contributed by atoms with van der Waals surface area (Å²) in [6, 6.07) is 1.41. The topological polar surface area (TPSA) is 60.7 Å². The van der Waals surface area contributed by atoms with Gasteiger partial charge in [0.2, 0.25) is 5.95 Å². The minimum absolute atomic E-state index is 0.523. The molecule has 0 aromatic carbocycles. The van der Waals surface area contributed by atoms with Crippen LogP contribution in [0.25, 0.3) is 0 Å². The maximum Gasteiger partial charge on any atom is 0.204 e. The highest BCUT2D eigenvalue weighted by Crippen LogP contribution is 2.29. The number of hydrogen-bond donors (Lipinski definition) is 2. The second-order valence-corrected chi connectivity index (χ2v) is 7.11. The van der Waals surface area contributed by atoms with Gasteiger partial charge in [-0.2, -0.15) is 0 Å². The van der Waals surface area contributed by atoms with Crippen molar-refractivity contribution in [2.75, 3.05) is 39.1 Å². The van der Waals surface area contributed by atoms with Crippen LogP contribution in [0.3, 0.4) is 0 Å². The standard InChI is InChI=1S/C17H31N7/c1-18-16(19-11-15-12-20-17(22(2)3)23(15)4)21-13-7-9-24(10-8-13)14-5-6-14/h12-14H,5-11H2,1-4H3,(H2,18,19,21). The molecule has 0 unspecified atom stereocenters. The normalized spacial score (nSPS) is 20.2. The van der Waals surface area contributed by atoms with Crippen LogP contribution >= 0.6 is 0 Å². The summed E-state index contributed by atoms with van der Waals surface area (Å²) in [7, 11) is 7.90. The van der Waals surface area contributed by atoms with Crippen LogP contribution in [0.4, 0.5) is 5.95 Å². The average molecular weight is 333 g/mol. The lowest BCUT2D eigenvalue weighted by Crippen LogP contribution is -2.48. The summed E-state index contributed by atoms with van der Waals surface area (Å²) < 4.78 is 2.11. The van der Waals surface area contributed by atoms with Crippen molar-refractivity contribution >= 4 is 11.9 Å². The number of guanidine groups is 1. The highest BCUT2D eigenvalue weighted by molar-refractivity contribution is 5.79. The summed E-state index contributed by atoms with van der Waals surface area (Å²) in [4.78, 5) is 13.5. The van der Waals surface area contributed by atoms with Gasteiger partial charge in [-0.05, 0) is 25.7 Å². The first-order valence-electron chi connectivity index (χ1n) is 8.97. The van der Waals surface area contributed by atoms with Crippen LogP contribution in [0.5, 0.6) is 0 Å². The van der Waals surface area contributed by atoms with Crippen LogP contribution in [0.15, 0.2) is 11.2 Å². The number of imidazole rings is 1. The maximum absolute atomic E-state index is 4.45. The molecule has 1 saturated carbocycles. The summed E-state index contributed by atoms with van der Waals surface area (Å²) in [6.45, 7) is 3.15. The third kappa shape index (κ3) is 4.01. The van der Waals surface area contributed by atoms with Gasteiger partial charge in [-0.25, -0.2) is 4.98 Å². The SMILES string of the molecule is CN=C(NCc1cnc(N(C)C)n1C)NC1CCN(C2CC2)CC1. The lowest BCUT2D eigenvalue weighted by Gasteiger charge is -2.33. The molecule has 1 saturated heterocycles. The van der Waals surface area contributed by atoms with Crippen LogP contribution in [0, 0.1) is 0 Å². The molecule has 2 aliphatic rings. The molecule has 7 nitrogen and oxygen atoms in total. The van der Waals surface area contributed by atoms with E-state index in [2.05, 4.69) is 30.1 Å². The number of aromatic nitrogens is 2. The zero-order valence-electron chi connectivity index (χ0n) is 15.4. The van der Waals surface area contributed by atoms with Gasteiger partial charge >= 0.3 is 0 Å². The van der Waals surface area contributed by atoms with Crippen molar-refractivity contribution in [3.05, 3.63) is 11.9 Å². The van der Waals surface area contributed by atoms with Crippen molar-refractivity contribution in [3.63, 3.8) is 0 Å². The van der Waals surface area contributed by atoms with Gasteiger partial charge in [0.25, 0.3) is 0 Å². The van der Waals surface area contributed by atoms with E-state index in [0.717, 1.165) is 30.2 Å². The Morgan fingerprint density at radius 2 is 2.00 bits per heavy atom. The van der Waals surface area contributed by atoms with Crippen molar-refractivity contribution in [1.29, 1.82) is 0 Å². The molecular weight excluding hydrogens is 302 g/mol. The third-order valence-corrected chi connectivity index (χ3v) is 5.05. The molecule has 2 fully saturated rings. The summed E-state index contributed by atoms with van der Waals surface area (Å²) in [5.74, 6) is 1.84. The fraction of sp³-hybridized carbons (Fsp3) is 0.765. The molecule has 1 aliphatic carbocycles. The number of anilines is 1. The van der Waals surface area contributed by atoms with Gasteiger partial charge in [-0.1, -0.05) is 0 Å². The lowest BCUT2D eigenvalue weighted by atomic mass is 10.1. The molecule has 0 amide bonds. The molecule has 24 heavy (non-hydrogen) atoms. The lowest BCUT2D eigenvalue weighted by molar-refractivity contribution is 0.197. The van der Waals surface area contributed by atoms with Gasteiger partial charge < -0.3 is 25.0 Å². The molecular formula is C17H31N7. The molecule has 0 atom stereocenters. The highest BCUT2D eigenvalue weighted by Gasteiger charge is 2.31. The molecule has 1 aromatic heterocycles. The second-order valence-electron chi connectivity index (χ2n) is 7.11. The Kier molecular flexibility index (Phi) is 5.28. The molecule has 1 aromatic rings. The number of likely N-dealkylation sites (tertiary alicyclic amines) is 1. The predicted molar refractivity (Wildman–Crippen MR) is 98.5 cm³/mol. The number of hydrogen-bond acceptors (Lipinski definition) is 4. The fourth-order valence-electron chi connectivity index (χ4n) is 3.42. The van der Waals surface area contributed by atoms with Crippen LogP contribution in [-0.4, -0.2) is 66.7 Å². The van der Waals surface area contributed by atoms with E-state index in [0.29, 0.717) is 6.04 Å². The second kappa shape index (κ2) is 7.42. The smallest absolute Gasteiger partial charge is 0.204 e. The number of piperidine rings is 1. The first-order chi connectivity index (χ1) is 11.6. The fourth-order valence-corrected chi connectivity index (χ4v) is 3.42. The summed E-state index contributed by atoms with van der Waals surface area (Å²) in [5, 5.41) is 7.00. The van der Waals surface area contributed by atoms with Gasteiger partial charge in [-0.3, -0.25) is 4.99 Å². The van der Waals surface area contributed by atoms with Gasteiger partial charge in [-0.15, -0.1) is 0 Å². The van der Waals surface area contributed by atoms with Gasteiger partial charge in [0, 0.05) is 53.4 Å². The quantitative estimate of drug-likeness (QED) is 0.616. The van der Waals surface area contributed by atoms with E-state index >= 15 is 0 Å². The number of nitrogens with zero attached hydrogens (tertiary/aromatic N) is 5. The first-order valence-corrected chi connectivity index (χ1v) is 8.97. The van der Waals surface area contributed by atoms with E-state index in [4.69, 9.17) is 0 Å². The van der Waals surface area contributed by atoms with E-state index < -0.39 is 0 Å². The van der Waals surface area contributed by atoms with Gasteiger partial charge in [0.05, 0.1) is 18.4 Å². The van der Waals surface area contributed by atoms with E-state index in [1.165, 1.54) is 38.8 Å². The Morgan fingerprint density at radius 1 is 1.29 bits per heavy atom. The Bertz CT molecular complexity index is 565. The minimum atomic E-state index is 0.523. The molecule has 2 heterocycles. The van der Waals surface area contributed by atoms with Gasteiger partial charge in [0.1, 0.15) is 0 Å². The van der Waals surface area contributed by atoms with E-state index in [9.17, 15) is 0 Å². The van der Waals surface area contributed by atoms with Crippen molar-refractivity contribution in [2.24, 2.45) is 12.0 Å². The summed E-state index contributed by atoms with van der Waals surface area (Å²) >= 11 is 0.